The molecule has 0 unspecified atom stereocenters. The number of hydrogen-bond acceptors (Lipinski definition) is 3. The van der Waals surface area contributed by atoms with Crippen molar-refractivity contribution >= 4 is 5.97 Å². The molecule has 4 heteroatoms. The molecule has 12 heavy (non-hydrogen) atoms. The van der Waals surface area contributed by atoms with Gasteiger partial charge in [-0.2, -0.15) is 0 Å². The van der Waals surface area contributed by atoms with Crippen LogP contribution in [0.25, 0.3) is 0 Å². The van der Waals surface area contributed by atoms with Gasteiger partial charge in [-0.3, -0.25) is 9.78 Å². The molecule has 1 aromatic rings. The summed E-state index contributed by atoms with van der Waals surface area (Å²) in [6.45, 7) is 1.74. The van der Waals surface area contributed by atoms with Crippen molar-refractivity contribution in [3.8, 4) is 5.75 Å². The summed E-state index contributed by atoms with van der Waals surface area (Å²) >= 11 is 0. The number of carboxylic acid groups (broad SMARTS) is 1. The van der Waals surface area contributed by atoms with E-state index < -0.39 is 5.97 Å². The monoisotopic (exact) mass is 167 g/mol. The van der Waals surface area contributed by atoms with E-state index in [1.807, 2.05) is 0 Å². The zero-order chi connectivity index (χ0) is 9.14. The normalized spacial score (nSPS) is 9.75. The van der Waals surface area contributed by atoms with E-state index >= 15 is 0 Å². The Morgan fingerprint density at radius 1 is 1.58 bits per heavy atom. The van der Waals surface area contributed by atoms with Gasteiger partial charge in [0, 0.05) is 5.69 Å². The molecule has 64 valence electrons. The van der Waals surface area contributed by atoms with E-state index in [2.05, 4.69) is 4.98 Å². The molecule has 0 amide bonds. The molecule has 1 heterocycles. The number of nitrogens with zero attached hydrogens (tertiary/aromatic N) is 1. The van der Waals surface area contributed by atoms with E-state index in [1.165, 1.54) is 6.07 Å². The Labute approximate surface area is 69.5 Å². The first-order valence-electron chi connectivity index (χ1n) is 3.47. The predicted octanol–water partition coefficient (Wildman–Crippen LogP) is 0.723. The fourth-order valence-electron chi connectivity index (χ4n) is 0.876. The van der Waals surface area contributed by atoms with E-state index in [0.29, 0.717) is 5.69 Å². The summed E-state index contributed by atoms with van der Waals surface area (Å²) in [6.07, 6.45) is -0.243. The molecule has 0 fully saturated rings. The third-order valence-corrected chi connectivity index (χ3v) is 1.41. The van der Waals surface area contributed by atoms with Crippen LogP contribution in [0.4, 0.5) is 0 Å². The van der Waals surface area contributed by atoms with E-state index in [0.717, 1.165) is 0 Å². The summed E-state index contributed by atoms with van der Waals surface area (Å²) in [6, 6.07) is 3.07. The number of aliphatic carboxylic acids is 1. The summed E-state index contributed by atoms with van der Waals surface area (Å²) in [5, 5.41) is 17.6. The number of carbonyl (C=O) groups is 1. The summed E-state index contributed by atoms with van der Waals surface area (Å²) in [4.78, 5) is 14.2. The molecule has 0 atom stereocenters. The third kappa shape index (κ3) is 1.95. The number of pyridine rings is 1. The van der Waals surface area contributed by atoms with Crippen molar-refractivity contribution in [2.75, 3.05) is 0 Å². The number of aryl methyl sites for hydroxylation is 1. The zero-order valence-corrected chi connectivity index (χ0v) is 6.61. The molecule has 0 aliphatic carbocycles. The van der Waals surface area contributed by atoms with Gasteiger partial charge in [-0.25, -0.2) is 0 Å². The van der Waals surface area contributed by atoms with Crippen molar-refractivity contribution in [3.63, 3.8) is 0 Å². The second-order valence-electron chi connectivity index (χ2n) is 2.49. The predicted molar refractivity (Wildman–Crippen MR) is 42.0 cm³/mol. The Morgan fingerprint density at radius 3 is 2.83 bits per heavy atom. The van der Waals surface area contributed by atoms with Crippen LogP contribution < -0.4 is 0 Å². The highest BCUT2D eigenvalue weighted by Crippen LogP contribution is 2.14. The Bertz CT molecular complexity index is 309. The van der Waals surface area contributed by atoms with Crippen molar-refractivity contribution in [2.45, 2.75) is 13.3 Å². The van der Waals surface area contributed by atoms with E-state index in [1.54, 1.807) is 13.0 Å². The first-order valence-corrected chi connectivity index (χ1v) is 3.47. The minimum absolute atomic E-state index is 0.0667. The molecule has 4 nitrogen and oxygen atoms in total. The van der Waals surface area contributed by atoms with Crippen LogP contribution in [0.2, 0.25) is 0 Å². The van der Waals surface area contributed by atoms with Gasteiger partial charge in [0.05, 0.1) is 12.1 Å². The highest BCUT2D eigenvalue weighted by molar-refractivity contribution is 5.70. The molecule has 0 radical (unpaired) electrons. The van der Waals surface area contributed by atoms with Crippen LogP contribution >= 0.6 is 0 Å². The smallest absolute Gasteiger partial charge is 0.309 e. The van der Waals surface area contributed by atoms with Crippen LogP contribution in [0.5, 0.6) is 5.75 Å². The van der Waals surface area contributed by atoms with Gasteiger partial charge < -0.3 is 10.2 Å². The maximum absolute atomic E-state index is 10.3. The number of aromatic nitrogens is 1. The van der Waals surface area contributed by atoms with Crippen LogP contribution in [0.15, 0.2) is 12.1 Å². The van der Waals surface area contributed by atoms with Crippen LogP contribution in [0.1, 0.15) is 11.4 Å². The molecule has 0 aliphatic rings. The quantitative estimate of drug-likeness (QED) is 0.681. The average Bonchev–Trinajstić information content (AvgIpc) is 1.96. The van der Waals surface area contributed by atoms with Gasteiger partial charge in [0.15, 0.2) is 0 Å². The highest BCUT2D eigenvalue weighted by atomic mass is 16.4. The average molecular weight is 167 g/mol. The van der Waals surface area contributed by atoms with Gasteiger partial charge in [-0.05, 0) is 19.1 Å². The minimum Gasteiger partial charge on any atom is -0.506 e. The Kier molecular flexibility index (Phi) is 2.28. The van der Waals surface area contributed by atoms with Gasteiger partial charge in [0.1, 0.15) is 5.75 Å². The van der Waals surface area contributed by atoms with Crippen molar-refractivity contribution < 1.29 is 15.0 Å². The van der Waals surface area contributed by atoms with Crippen molar-refractivity contribution in [1.82, 2.24) is 4.98 Å². The summed E-state index contributed by atoms with van der Waals surface area (Å²) < 4.78 is 0. The number of hydrogen-bond donors (Lipinski definition) is 2. The largest absolute Gasteiger partial charge is 0.506 e. The summed E-state index contributed by atoms with van der Waals surface area (Å²) in [5.74, 6) is -1.06. The van der Waals surface area contributed by atoms with Gasteiger partial charge in [0.25, 0.3) is 0 Å². The zero-order valence-electron chi connectivity index (χ0n) is 6.61. The molecular formula is C8H9NO3. The Morgan fingerprint density at radius 2 is 2.25 bits per heavy atom. The maximum atomic E-state index is 10.3. The first kappa shape index (κ1) is 8.52. The Hall–Kier alpha value is -1.58. The first-order chi connectivity index (χ1) is 5.59. The summed E-state index contributed by atoms with van der Waals surface area (Å²) in [7, 11) is 0. The van der Waals surface area contributed by atoms with Crippen molar-refractivity contribution in [2.24, 2.45) is 0 Å². The van der Waals surface area contributed by atoms with Crippen molar-refractivity contribution in [1.29, 1.82) is 0 Å². The van der Waals surface area contributed by atoms with Gasteiger partial charge in [0.2, 0.25) is 0 Å². The van der Waals surface area contributed by atoms with Crippen molar-refractivity contribution in [3.05, 3.63) is 23.5 Å². The molecule has 0 spiro atoms. The van der Waals surface area contributed by atoms with Crippen LogP contribution in [0.3, 0.4) is 0 Å². The minimum atomic E-state index is -0.997. The lowest BCUT2D eigenvalue weighted by Crippen LogP contribution is -2.03. The Balaban J connectivity index is 2.97. The molecule has 0 aromatic carbocycles. The number of carboxylic acids is 1. The number of aromatic hydroxyl groups is 1. The lowest BCUT2D eigenvalue weighted by Gasteiger charge is -2.00. The van der Waals surface area contributed by atoms with Crippen LogP contribution in [-0.4, -0.2) is 21.2 Å². The number of rotatable bonds is 2. The topological polar surface area (TPSA) is 70.4 Å². The molecular weight excluding hydrogens is 158 g/mol. The second-order valence-corrected chi connectivity index (χ2v) is 2.49. The van der Waals surface area contributed by atoms with E-state index in [4.69, 9.17) is 10.2 Å². The fraction of sp³-hybridized carbons (Fsp3) is 0.250. The standard InChI is InChI=1S/C8H9NO3/c1-5-2-3-7(10)6(9-5)4-8(11)12/h2-3,10H,4H2,1H3,(H,11,12). The van der Waals surface area contributed by atoms with Crippen LogP contribution in [0, 0.1) is 6.92 Å². The molecule has 0 bridgehead atoms. The lowest BCUT2D eigenvalue weighted by atomic mass is 10.2. The molecule has 1 rings (SSSR count). The van der Waals surface area contributed by atoms with E-state index in [9.17, 15) is 4.79 Å². The van der Waals surface area contributed by atoms with Crippen LogP contribution in [-0.2, 0) is 11.2 Å². The van der Waals surface area contributed by atoms with Gasteiger partial charge in [-0.1, -0.05) is 0 Å². The third-order valence-electron chi connectivity index (χ3n) is 1.41. The van der Waals surface area contributed by atoms with E-state index in [-0.39, 0.29) is 17.9 Å². The highest BCUT2D eigenvalue weighted by Gasteiger charge is 2.07. The second kappa shape index (κ2) is 3.21. The summed E-state index contributed by atoms with van der Waals surface area (Å²) in [5.41, 5.74) is 0.909. The molecule has 0 aliphatic heterocycles. The SMILES string of the molecule is Cc1ccc(O)c(CC(=O)O)n1. The maximum Gasteiger partial charge on any atom is 0.309 e. The molecule has 0 saturated carbocycles. The lowest BCUT2D eigenvalue weighted by molar-refractivity contribution is -0.136. The van der Waals surface area contributed by atoms with Gasteiger partial charge >= 0.3 is 5.97 Å². The van der Waals surface area contributed by atoms with Gasteiger partial charge in [-0.15, -0.1) is 0 Å². The molecule has 2 N–H and O–H groups in total. The fourth-order valence-corrected chi connectivity index (χ4v) is 0.876. The molecule has 0 saturated heterocycles. The molecule has 1 aromatic heterocycles.